The van der Waals surface area contributed by atoms with Crippen molar-refractivity contribution in [3.63, 3.8) is 0 Å². The number of aromatic nitrogens is 1. The number of sulfonamides is 1. The fraction of sp³-hybridized carbons (Fsp3) is 0.379. The number of pyridine rings is 1. The fourth-order valence-electron chi connectivity index (χ4n) is 6.03. The number of carbonyl (C=O) groups excluding carboxylic acids is 1. The van der Waals surface area contributed by atoms with E-state index >= 15 is 0 Å². The molecule has 2 saturated heterocycles. The van der Waals surface area contributed by atoms with Crippen molar-refractivity contribution in [2.75, 3.05) is 56.1 Å². The third-order valence-electron chi connectivity index (χ3n) is 7.98. The second kappa shape index (κ2) is 10.6. The van der Waals surface area contributed by atoms with Crippen molar-refractivity contribution in [3.8, 4) is 5.75 Å². The molecule has 10 nitrogen and oxygen atoms in total. The summed E-state index contributed by atoms with van der Waals surface area (Å²) in [6, 6.07) is 16.8. The highest BCUT2D eigenvalue weighted by molar-refractivity contribution is 7.92. The molecule has 11 heteroatoms. The normalized spacial score (nSPS) is 20.5. The van der Waals surface area contributed by atoms with Crippen molar-refractivity contribution >= 4 is 27.3 Å². The minimum absolute atomic E-state index is 0.0135. The quantitative estimate of drug-likeness (QED) is 0.490. The largest absolute Gasteiger partial charge is 0.497 e. The van der Waals surface area contributed by atoms with E-state index in [4.69, 9.17) is 9.47 Å². The molecule has 6 rings (SSSR count). The van der Waals surface area contributed by atoms with Crippen LogP contribution in [-0.2, 0) is 21.3 Å². The van der Waals surface area contributed by atoms with Crippen molar-refractivity contribution in [2.24, 2.45) is 5.92 Å². The van der Waals surface area contributed by atoms with Gasteiger partial charge in [0, 0.05) is 56.0 Å². The van der Waals surface area contributed by atoms with Crippen LogP contribution in [0.5, 0.6) is 5.75 Å². The molecule has 1 N–H and O–H groups in total. The van der Waals surface area contributed by atoms with E-state index in [0.717, 1.165) is 12.1 Å². The van der Waals surface area contributed by atoms with Crippen LogP contribution in [0.2, 0.25) is 0 Å². The number of nitrogens with one attached hydrogen (secondary N) is 1. The highest BCUT2D eigenvalue weighted by atomic mass is 32.2. The van der Waals surface area contributed by atoms with Gasteiger partial charge >= 0.3 is 0 Å². The molecule has 210 valence electrons. The highest BCUT2D eigenvalue weighted by Gasteiger charge is 2.36. The third kappa shape index (κ3) is 5.06. The van der Waals surface area contributed by atoms with E-state index in [-0.39, 0.29) is 28.2 Å². The van der Waals surface area contributed by atoms with Gasteiger partial charge in [0.2, 0.25) is 0 Å². The number of anilines is 2. The van der Waals surface area contributed by atoms with E-state index in [1.807, 2.05) is 16.7 Å². The predicted molar refractivity (Wildman–Crippen MR) is 151 cm³/mol. The third-order valence-corrected chi connectivity index (χ3v) is 9.36. The first-order valence-corrected chi connectivity index (χ1v) is 14.9. The van der Waals surface area contributed by atoms with Gasteiger partial charge in [0.25, 0.3) is 21.5 Å². The summed E-state index contributed by atoms with van der Waals surface area (Å²) in [5.74, 6) is 0.773. The number of morpholine rings is 1. The van der Waals surface area contributed by atoms with Gasteiger partial charge in [-0.05, 0) is 60.9 Å². The number of fused-ring (bicyclic) bond motifs is 4. The summed E-state index contributed by atoms with van der Waals surface area (Å²) < 4.78 is 42.2. The second-order valence-electron chi connectivity index (χ2n) is 10.5. The summed E-state index contributed by atoms with van der Waals surface area (Å²) >= 11 is 0. The van der Waals surface area contributed by atoms with Crippen LogP contribution in [0, 0.1) is 5.92 Å². The van der Waals surface area contributed by atoms with Crippen molar-refractivity contribution in [1.82, 2.24) is 9.47 Å². The monoisotopic (exact) mass is 564 g/mol. The van der Waals surface area contributed by atoms with Crippen LogP contribution >= 0.6 is 0 Å². The lowest BCUT2D eigenvalue weighted by Crippen LogP contribution is -2.47. The van der Waals surface area contributed by atoms with E-state index in [2.05, 4.69) is 9.62 Å². The van der Waals surface area contributed by atoms with Gasteiger partial charge in [-0.1, -0.05) is 6.07 Å². The molecular formula is C29H32N4O6S. The summed E-state index contributed by atoms with van der Waals surface area (Å²) in [5.41, 5.74) is 2.48. The molecule has 0 saturated carbocycles. The Hall–Kier alpha value is -3.83. The van der Waals surface area contributed by atoms with Crippen LogP contribution in [0.25, 0.3) is 0 Å². The Morgan fingerprint density at radius 1 is 1.00 bits per heavy atom. The van der Waals surface area contributed by atoms with Gasteiger partial charge in [-0.2, -0.15) is 0 Å². The zero-order valence-electron chi connectivity index (χ0n) is 22.3. The first-order chi connectivity index (χ1) is 19.3. The number of amides is 1. The maximum absolute atomic E-state index is 13.5. The molecule has 3 aliphatic rings. The number of rotatable bonds is 6. The average Bonchev–Trinajstić information content (AvgIpc) is 2.97. The Morgan fingerprint density at radius 2 is 1.77 bits per heavy atom. The summed E-state index contributed by atoms with van der Waals surface area (Å²) in [5, 5.41) is 0. The summed E-state index contributed by atoms with van der Waals surface area (Å²) in [7, 11) is -2.44. The smallest absolute Gasteiger partial charge is 0.261 e. The number of carbonyl (C=O) groups is 1. The molecule has 1 aromatic heterocycles. The topological polar surface area (TPSA) is 110 Å². The molecule has 2 bridgehead atoms. The van der Waals surface area contributed by atoms with E-state index in [9.17, 15) is 18.0 Å². The van der Waals surface area contributed by atoms with Gasteiger partial charge in [0.1, 0.15) is 5.75 Å². The first-order valence-electron chi connectivity index (χ1n) is 13.4. The maximum Gasteiger partial charge on any atom is 0.261 e. The summed E-state index contributed by atoms with van der Waals surface area (Å²) in [4.78, 5) is 29.8. The lowest BCUT2D eigenvalue weighted by atomic mass is 9.83. The SMILES string of the molecule is COc1ccc(S(=O)(=O)Nc2cc(C(=O)N3CCOCC3)ccc2N2CC3CC(C2)c2cccc(=O)n2C3)cc1. The molecule has 0 spiro atoms. The molecule has 4 heterocycles. The van der Waals surface area contributed by atoms with Gasteiger partial charge in [0.15, 0.2) is 0 Å². The zero-order chi connectivity index (χ0) is 27.9. The lowest BCUT2D eigenvalue weighted by molar-refractivity contribution is 0.0303. The van der Waals surface area contributed by atoms with Gasteiger partial charge in [-0.3, -0.25) is 14.3 Å². The number of hydrogen-bond donors (Lipinski definition) is 1. The molecule has 0 aliphatic carbocycles. The maximum atomic E-state index is 13.5. The minimum atomic E-state index is -3.96. The van der Waals surface area contributed by atoms with Crippen LogP contribution in [0.4, 0.5) is 11.4 Å². The highest BCUT2D eigenvalue weighted by Crippen LogP contribution is 2.40. The molecule has 40 heavy (non-hydrogen) atoms. The first kappa shape index (κ1) is 26.4. The minimum Gasteiger partial charge on any atom is -0.497 e. The van der Waals surface area contributed by atoms with E-state index in [0.29, 0.717) is 68.6 Å². The van der Waals surface area contributed by atoms with E-state index < -0.39 is 10.0 Å². The standard InChI is InChI=1S/C29H32N4O6S/c1-38-23-6-8-24(9-7-23)40(36,37)30-25-16-21(29(35)31-11-13-39-14-12-31)5-10-27(25)32-17-20-15-22(19-32)26-3-2-4-28(34)33(26)18-20/h2-10,16,20,22,30H,11-15,17-19H2,1H3. The number of ether oxygens (including phenoxy) is 2. The number of hydrogen-bond acceptors (Lipinski definition) is 7. The average molecular weight is 565 g/mol. The zero-order valence-corrected chi connectivity index (χ0v) is 23.1. The van der Waals surface area contributed by atoms with Crippen LogP contribution < -0.4 is 19.9 Å². The van der Waals surface area contributed by atoms with Crippen molar-refractivity contribution in [3.05, 3.63) is 82.3 Å². The Bertz CT molecular complexity index is 1580. The molecule has 2 aromatic carbocycles. The molecule has 2 unspecified atom stereocenters. The predicted octanol–water partition coefficient (Wildman–Crippen LogP) is 2.75. The van der Waals surface area contributed by atoms with Crippen molar-refractivity contribution in [1.29, 1.82) is 0 Å². The number of methoxy groups -OCH3 is 1. The van der Waals surface area contributed by atoms with Gasteiger partial charge in [0.05, 0.1) is 36.6 Å². The summed E-state index contributed by atoms with van der Waals surface area (Å²) in [6.45, 7) is 3.86. The van der Waals surface area contributed by atoms with Crippen LogP contribution in [0.15, 0.2) is 70.4 Å². The Balaban J connectivity index is 1.36. The molecule has 1 amide bonds. The Labute approximate surface area is 233 Å². The lowest BCUT2D eigenvalue weighted by Gasteiger charge is -2.44. The number of piperidine rings is 1. The van der Waals surface area contributed by atoms with E-state index in [1.165, 1.54) is 19.2 Å². The number of nitrogens with zero attached hydrogens (tertiary/aromatic N) is 3. The van der Waals surface area contributed by atoms with Crippen molar-refractivity contribution in [2.45, 2.75) is 23.8 Å². The van der Waals surface area contributed by atoms with Crippen molar-refractivity contribution < 1.29 is 22.7 Å². The van der Waals surface area contributed by atoms with Crippen LogP contribution in [-0.4, -0.2) is 70.3 Å². The second-order valence-corrected chi connectivity index (χ2v) is 12.2. The molecule has 3 aromatic rings. The number of benzene rings is 2. The van der Waals surface area contributed by atoms with Gasteiger partial charge in [-0.15, -0.1) is 0 Å². The Morgan fingerprint density at radius 3 is 2.52 bits per heavy atom. The summed E-state index contributed by atoms with van der Waals surface area (Å²) in [6.07, 6.45) is 0.973. The molecular weight excluding hydrogens is 532 g/mol. The molecule has 2 fully saturated rings. The molecule has 2 atom stereocenters. The van der Waals surface area contributed by atoms with Crippen LogP contribution in [0.1, 0.15) is 28.4 Å². The van der Waals surface area contributed by atoms with E-state index in [1.54, 1.807) is 41.3 Å². The van der Waals surface area contributed by atoms with Gasteiger partial charge in [-0.25, -0.2) is 8.42 Å². The molecule has 3 aliphatic heterocycles. The molecule has 0 radical (unpaired) electrons. The Kier molecular flexibility index (Phi) is 7.01. The van der Waals surface area contributed by atoms with Crippen LogP contribution in [0.3, 0.4) is 0 Å². The van der Waals surface area contributed by atoms with Gasteiger partial charge < -0.3 is 23.8 Å². The fourth-order valence-corrected chi connectivity index (χ4v) is 7.09.